The molecule has 5 rings (SSSR count). The highest BCUT2D eigenvalue weighted by Gasteiger charge is 2.51. The Balaban J connectivity index is 1.48. The van der Waals surface area contributed by atoms with Crippen molar-refractivity contribution in [1.29, 1.82) is 0 Å². The minimum atomic E-state index is -2.56. The van der Waals surface area contributed by atoms with Gasteiger partial charge < -0.3 is 32.8 Å². The van der Waals surface area contributed by atoms with Gasteiger partial charge in [0.25, 0.3) is 0 Å². The zero-order chi connectivity index (χ0) is 34.3. The molecule has 4 aromatic rings. The fraction of sp³-hybridized carbons (Fsp3) is 0.366. The molecule has 1 fully saturated rings. The molecule has 4 aromatic carbocycles. The smallest absolute Gasteiger partial charge is 0.219 e. The van der Waals surface area contributed by atoms with Crippen LogP contribution in [0.2, 0.25) is 13.1 Å². The average Bonchev–Trinajstić information content (AvgIpc) is 3.14. The van der Waals surface area contributed by atoms with Gasteiger partial charge in [-0.1, -0.05) is 109 Å². The summed E-state index contributed by atoms with van der Waals surface area (Å²) >= 11 is 0. The van der Waals surface area contributed by atoms with E-state index in [4.69, 9.17) is 32.8 Å². The van der Waals surface area contributed by atoms with Gasteiger partial charge in [-0.15, -0.1) is 6.58 Å². The highest BCUT2D eigenvalue weighted by Crippen LogP contribution is 2.33. The first-order chi connectivity index (χ1) is 24.0. The number of unbranched alkanes of at least 4 members (excludes halogenated alkanes) is 1. The standard InChI is InChI=1S/C41H50O7Si/c1-5-6-16-27-44-41-40(48-49(3,4)36-25-23-35(42-2)24-26-36)39(46-30-34-21-14-9-15-22-34)38(45-29-33-19-12-8-13-20-33)37(47-41)31-43-28-32-17-10-7-11-18-32/h5,7-15,17-26,37-41H,1,6,16,27-31H2,2-4H3/t37-,38-,39+,40-,41-/m1/s1. The molecule has 7 nitrogen and oxygen atoms in total. The van der Waals surface area contributed by atoms with E-state index < -0.39 is 39.0 Å². The summed E-state index contributed by atoms with van der Waals surface area (Å²) in [4.78, 5) is 0. The van der Waals surface area contributed by atoms with Crippen LogP contribution < -0.4 is 9.92 Å². The molecule has 0 radical (unpaired) electrons. The van der Waals surface area contributed by atoms with Gasteiger partial charge in [0, 0.05) is 0 Å². The van der Waals surface area contributed by atoms with E-state index in [1.54, 1.807) is 7.11 Å². The molecule has 1 saturated heterocycles. The second-order valence-corrected chi connectivity index (χ2v) is 16.5. The number of methoxy groups -OCH3 is 1. The van der Waals surface area contributed by atoms with Crippen LogP contribution in [0.4, 0.5) is 0 Å². The Morgan fingerprint density at radius 2 is 1.22 bits per heavy atom. The number of allylic oxidation sites excluding steroid dienone is 1. The fourth-order valence-corrected chi connectivity index (χ4v) is 7.92. The van der Waals surface area contributed by atoms with Crippen LogP contribution in [0.15, 0.2) is 128 Å². The first kappa shape index (κ1) is 36.7. The van der Waals surface area contributed by atoms with Gasteiger partial charge in [-0.3, -0.25) is 0 Å². The number of benzene rings is 4. The van der Waals surface area contributed by atoms with E-state index in [9.17, 15) is 0 Å². The summed E-state index contributed by atoms with van der Waals surface area (Å²) in [6.45, 7) is 10.2. The maximum Gasteiger partial charge on any atom is 0.219 e. The van der Waals surface area contributed by atoms with E-state index in [1.165, 1.54) is 0 Å². The molecule has 0 bridgehead atoms. The number of rotatable bonds is 19. The van der Waals surface area contributed by atoms with Gasteiger partial charge in [0.15, 0.2) is 6.29 Å². The minimum absolute atomic E-state index is 0.290. The molecule has 5 atom stereocenters. The molecule has 1 aliphatic rings. The lowest BCUT2D eigenvalue weighted by atomic mass is 9.98. The van der Waals surface area contributed by atoms with E-state index in [1.807, 2.05) is 72.8 Å². The predicted molar refractivity (Wildman–Crippen MR) is 195 cm³/mol. The van der Waals surface area contributed by atoms with E-state index >= 15 is 0 Å². The lowest BCUT2D eigenvalue weighted by molar-refractivity contribution is -0.315. The summed E-state index contributed by atoms with van der Waals surface area (Å²) in [5, 5.41) is 1.12. The summed E-state index contributed by atoms with van der Waals surface area (Å²) < 4.78 is 45.9. The molecule has 0 N–H and O–H groups in total. The highest BCUT2D eigenvalue weighted by atomic mass is 28.4. The maximum atomic E-state index is 7.20. The topological polar surface area (TPSA) is 64.6 Å². The third-order valence-electron chi connectivity index (χ3n) is 8.61. The van der Waals surface area contributed by atoms with Crippen LogP contribution in [-0.2, 0) is 47.9 Å². The lowest BCUT2D eigenvalue weighted by Gasteiger charge is -2.48. The van der Waals surface area contributed by atoms with E-state index in [-0.39, 0.29) is 6.61 Å². The third-order valence-corrected chi connectivity index (χ3v) is 11.2. The van der Waals surface area contributed by atoms with Crippen LogP contribution in [0.25, 0.3) is 0 Å². The van der Waals surface area contributed by atoms with Crippen LogP contribution >= 0.6 is 0 Å². The molecular weight excluding hydrogens is 633 g/mol. The minimum Gasteiger partial charge on any atom is -0.497 e. The van der Waals surface area contributed by atoms with Crippen molar-refractivity contribution < 1.29 is 32.8 Å². The van der Waals surface area contributed by atoms with Crippen molar-refractivity contribution in [2.75, 3.05) is 20.3 Å². The summed E-state index contributed by atoms with van der Waals surface area (Å²) in [5.74, 6) is 0.801. The Hall–Kier alpha value is -3.60. The normalized spacial score (nSPS) is 20.9. The van der Waals surface area contributed by atoms with Crippen LogP contribution in [0.1, 0.15) is 29.5 Å². The first-order valence-electron chi connectivity index (χ1n) is 17.1. The van der Waals surface area contributed by atoms with Gasteiger partial charge in [0.2, 0.25) is 8.32 Å². The van der Waals surface area contributed by atoms with Crippen molar-refractivity contribution >= 4 is 13.5 Å². The van der Waals surface area contributed by atoms with Crippen molar-refractivity contribution in [2.24, 2.45) is 0 Å². The largest absolute Gasteiger partial charge is 0.497 e. The number of ether oxygens (including phenoxy) is 6. The third kappa shape index (κ3) is 10.9. The summed E-state index contributed by atoms with van der Waals surface area (Å²) in [6.07, 6.45) is 0.732. The molecule has 0 aliphatic carbocycles. The Labute approximate surface area is 292 Å². The second-order valence-electron chi connectivity index (χ2n) is 12.7. The summed E-state index contributed by atoms with van der Waals surface area (Å²) in [5.41, 5.74) is 3.20. The van der Waals surface area contributed by atoms with Crippen molar-refractivity contribution in [3.63, 3.8) is 0 Å². The van der Waals surface area contributed by atoms with Gasteiger partial charge in [-0.25, -0.2) is 0 Å². The van der Waals surface area contributed by atoms with Gasteiger partial charge in [0.05, 0.1) is 40.1 Å². The number of hydrogen-bond donors (Lipinski definition) is 0. The summed E-state index contributed by atoms with van der Waals surface area (Å²) in [7, 11) is -0.883. The Kier molecular flexibility index (Phi) is 14.2. The van der Waals surface area contributed by atoms with Crippen molar-refractivity contribution in [3.8, 4) is 5.75 Å². The van der Waals surface area contributed by atoms with Crippen LogP contribution in [-0.4, -0.2) is 59.3 Å². The Morgan fingerprint density at radius 3 is 1.78 bits per heavy atom. The highest BCUT2D eigenvalue weighted by molar-refractivity contribution is 6.84. The van der Waals surface area contributed by atoms with E-state index in [0.717, 1.165) is 40.5 Å². The molecule has 8 heteroatoms. The van der Waals surface area contributed by atoms with Gasteiger partial charge in [-0.2, -0.15) is 0 Å². The van der Waals surface area contributed by atoms with E-state index in [0.29, 0.717) is 26.4 Å². The monoisotopic (exact) mass is 682 g/mol. The molecule has 1 aliphatic heterocycles. The Bertz CT molecular complexity index is 1500. The number of hydrogen-bond acceptors (Lipinski definition) is 7. The van der Waals surface area contributed by atoms with E-state index in [2.05, 4.69) is 68.2 Å². The summed E-state index contributed by atoms with van der Waals surface area (Å²) in [6, 6.07) is 38.6. The van der Waals surface area contributed by atoms with Crippen molar-refractivity contribution in [3.05, 3.63) is 145 Å². The van der Waals surface area contributed by atoms with Gasteiger partial charge >= 0.3 is 0 Å². The van der Waals surface area contributed by atoms with Crippen molar-refractivity contribution in [1.82, 2.24) is 0 Å². The SMILES string of the molecule is C=CCCCO[C@@H]1O[C@H](COCc2ccccc2)[C@@H](OCc2ccccc2)[C@H](OCc2ccccc2)[C@H]1O[Si](C)(C)c1ccc(OC)cc1. The van der Waals surface area contributed by atoms with Crippen LogP contribution in [0.5, 0.6) is 5.75 Å². The Morgan fingerprint density at radius 1 is 0.673 bits per heavy atom. The molecule has 49 heavy (non-hydrogen) atoms. The molecule has 0 saturated carbocycles. The zero-order valence-electron chi connectivity index (χ0n) is 28.9. The molecule has 0 aromatic heterocycles. The van der Waals surface area contributed by atoms with Crippen LogP contribution in [0.3, 0.4) is 0 Å². The molecule has 1 heterocycles. The second kappa shape index (κ2) is 19.0. The molecule has 260 valence electrons. The zero-order valence-corrected chi connectivity index (χ0v) is 29.9. The van der Waals surface area contributed by atoms with Crippen molar-refractivity contribution in [2.45, 2.75) is 76.5 Å². The van der Waals surface area contributed by atoms with Crippen LogP contribution in [0, 0.1) is 0 Å². The first-order valence-corrected chi connectivity index (χ1v) is 20.0. The van der Waals surface area contributed by atoms with Gasteiger partial charge in [-0.05, 0) is 59.9 Å². The predicted octanol–water partition coefficient (Wildman–Crippen LogP) is 7.59. The lowest BCUT2D eigenvalue weighted by Crippen LogP contribution is -2.65. The fourth-order valence-electron chi connectivity index (χ4n) is 5.89. The molecule has 0 amide bonds. The molecular formula is C41H50O7Si. The molecule has 0 unspecified atom stereocenters. The maximum absolute atomic E-state index is 7.20. The quantitative estimate of drug-likeness (QED) is 0.0574. The molecule has 0 spiro atoms. The average molecular weight is 683 g/mol. The van der Waals surface area contributed by atoms with Gasteiger partial charge in [0.1, 0.15) is 30.2 Å².